The maximum atomic E-state index is 11.0. The average molecular weight is 246 g/mol. The third-order valence-corrected chi connectivity index (χ3v) is 2.49. The zero-order chi connectivity index (χ0) is 13.0. The molecular formula is C13H14N2O3. The number of hydrogen-bond donors (Lipinski definition) is 2. The summed E-state index contributed by atoms with van der Waals surface area (Å²) >= 11 is 0. The highest BCUT2D eigenvalue weighted by atomic mass is 16.5. The van der Waals surface area contributed by atoms with Crippen LogP contribution >= 0.6 is 0 Å². The number of ether oxygens (including phenoxy) is 1. The van der Waals surface area contributed by atoms with Gasteiger partial charge in [-0.15, -0.1) is 0 Å². The molecule has 94 valence electrons. The van der Waals surface area contributed by atoms with Crippen molar-refractivity contribution in [3.8, 4) is 17.0 Å². The van der Waals surface area contributed by atoms with Crippen LogP contribution in [-0.2, 0) is 0 Å². The first kappa shape index (κ1) is 12.2. The lowest BCUT2D eigenvalue weighted by atomic mass is 10.1. The summed E-state index contributed by atoms with van der Waals surface area (Å²) in [4.78, 5) is 11.0. The number of aromatic carboxylic acids is 1. The molecular weight excluding hydrogens is 232 g/mol. The Labute approximate surface area is 104 Å². The smallest absolute Gasteiger partial charge is 0.339 e. The second-order valence-electron chi connectivity index (χ2n) is 3.84. The van der Waals surface area contributed by atoms with Crippen molar-refractivity contribution in [3.63, 3.8) is 0 Å². The molecule has 0 atom stereocenters. The number of H-pyrrole nitrogens is 1. The molecule has 5 heteroatoms. The van der Waals surface area contributed by atoms with Gasteiger partial charge in [-0.05, 0) is 30.7 Å². The Kier molecular flexibility index (Phi) is 3.62. The van der Waals surface area contributed by atoms with E-state index in [4.69, 9.17) is 9.84 Å². The number of nitrogens with one attached hydrogen (secondary N) is 1. The van der Waals surface area contributed by atoms with Crippen LogP contribution in [0.1, 0.15) is 23.7 Å². The molecule has 0 aliphatic heterocycles. The van der Waals surface area contributed by atoms with Crippen LogP contribution in [-0.4, -0.2) is 27.9 Å². The highest BCUT2D eigenvalue weighted by Gasteiger charge is 2.13. The van der Waals surface area contributed by atoms with Gasteiger partial charge in [0.05, 0.1) is 18.5 Å². The number of carboxylic acid groups (broad SMARTS) is 1. The molecule has 18 heavy (non-hydrogen) atoms. The van der Waals surface area contributed by atoms with Gasteiger partial charge in [0, 0.05) is 5.56 Å². The molecule has 1 aromatic heterocycles. The normalized spacial score (nSPS) is 10.3. The summed E-state index contributed by atoms with van der Waals surface area (Å²) in [6, 6.07) is 7.25. The lowest BCUT2D eigenvalue weighted by molar-refractivity contribution is 0.0698. The van der Waals surface area contributed by atoms with E-state index in [0.29, 0.717) is 12.3 Å². The zero-order valence-electron chi connectivity index (χ0n) is 10.0. The Bertz CT molecular complexity index is 531. The van der Waals surface area contributed by atoms with Gasteiger partial charge in [-0.25, -0.2) is 4.79 Å². The maximum Gasteiger partial charge on any atom is 0.339 e. The van der Waals surface area contributed by atoms with E-state index < -0.39 is 5.97 Å². The van der Waals surface area contributed by atoms with Crippen molar-refractivity contribution in [1.82, 2.24) is 10.2 Å². The van der Waals surface area contributed by atoms with Crippen molar-refractivity contribution in [2.45, 2.75) is 13.3 Å². The summed E-state index contributed by atoms with van der Waals surface area (Å²) in [6.07, 6.45) is 2.25. The standard InChI is InChI=1S/C13H14N2O3/c1-2-7-18-10-5-3-9(4-6-10)12-11(13(16)17)8-14-15-12/h3-6,8H,2,7H2,1H3,(H,14,15)(H,16,17). The van der Waals surface area contributed by atoms with Crippen LogP contribution in [0.3, 0.4) is 0 Å². The van der Waals surface area contributed by atoms with Gasteiger partial charge < -0.3 is 9.84 Å². The number of nitrogens with zero attached hydrogens (tertiary/aromatic N) is 1. The molecule has 0 fully saturated rings. The van der Waals surface area contributed by atoms with Crippen molar-refractivity contribution in [3.05, 3.63) is 36.0 Å². The number of rotatable bonds is 5. The summed E-state index contributed by atoms with van der Waals surface area (Å²) < 4.78 is 5.46. The van der Waals surface area contributed by atoms with Crippen LogP contribution in [0.2, 0.25) is 0 Å². The molecule has 2 aromatic rings. The number of aromatic nitrogens is 2. The Morgan fingerprint density at radius 2 is 2.11 bits per heavy atom. The molecule has 1 heterocycles. The van der Waals surface area contributed by atoms with E-state index in [-0.39, 0.29) is 5.56 Å². The number of carboxylic acids is 1. The first-order valence-corrected chi connectivity index (χ1v) is 5.72. The molecule has 1 aromatic carbocycles. The Morgan fingerprint density at radius 3 is 2.72 bits per heavy atom. The molecule has 0 saturated carbocycles. The van der Waals surface area contributed by atoms with Crippen LogP contribution in [0, 0.1) is 0 Å². The lowest BCUT2D eigenvalue weighted by Gasteiger charge is -2.05. The number of benzene rings is 1. The lowest BCUT2D eigenvalue weighted by Crippen LogP contribution is -1.97. The fourth-order valence-corrected chi connectivity index (χ4v) is 1.61. The van der Waals surface area contributed by atoms with Gasteiger partial charge in [-0.2, -0.15) is 5.10 Å². The molecule has 2 N–H and O–H groups in total. The van der Waals surface area contributed by atoms with Crippen LogP contribution in [0.25, 0.3) is 11.3 Å². The molecule has 5 nitrogen and oxygen atoms in total. The molecule has 2 rings (SSSR count). The summed E-state index contributed by atoms with van der Waals surface area (Å²) in [6.45, 7) is 2.71. The molecule has 0 amide bonds. The molecule has 0 aliphatic carbocycles. The predicted octanol–water partition coefficient (Wildman–Crippen LogP) is 2.56. The van der Waals surface area contributed by atoms with E-state index in [2.05, 4.69) is 10.2 Å². The van der Waals surface area contributed by atoms with Crippen molar-refractivity contribution in [1.29, 1.82) is 0 Å². The first-order chi connectivity index (χ1) is 8.72. The van der Waals surface area contributed by atoms with Gasteiger partial charge in [0.2, 0.25) is 0 Å². The number of aromatic amines is 1. The van der Waals surface area contributed by atoms with Crippen molar-refractivity contribution < 1.29 is 14.6 Å². The van der Waals surface area contributed by atoms with Gasteiger partial charge in [0.15, 0.2) is 0 Å². The van der Waals surface area contributed by atoms with Crippen LogP contribution < -0.4 is 4.74 Å². The fraction of sp³-hybridized carbons (Fsp3) is 0.231. The van der Waals surface area contributed by atoms with Crippen LogP contribution in [0.15, 0.2) is 30.5 Å². The monoisotopic (exact) mass is 246 g/mol. The average Bonchev–Trinajstić information content (AvgIpc) is 2.86. The molecule has 0 bridgehead atoms. The SMILES string of the molecule is CCCOc1ccc(-c2[nH]ncc2C(=O)O)cc1. The Morgan fingerprint density at radius 1 is 1.39 bits per heavy atom. The largest absolute Gasteiger partial charge is 0.494 e. The van der Waals surface area contributed by atoms with Gasteiger partial charge in [-0.3, -0.25) is 5.10 Å². The van der Waals surface area contributed by atoms with Gasteiger partial charge >= 0.3 is 5.97 Å². The van der Waals surface area contributed by atoms with Crippen LogP contribution in [0.5, 0.6) is 5.75 Å². The van der Waals surface area contributed by atoms with Crippen LogP contribution in [0.4, 0.5) is 0 Å². The quantitative estimate of drug-likeness (QED) is 0.850. The molecule has 0 saturated heterocycles. The van der Waals surface area contributed by atoms with E-state index >= 15 is 0 Å². The first-order valence-electron chi connectivity index (χ1n) is 5.72. The molecule has 0 aliphatic rings. The van der Waals surface area contributed by atoms with E-state index in [0.717, 1.165) is 17.7 Å². The maximum absolute atomic E-state index is 11.0. The van der Waals surface area contributed by atoms with Crippen molar-refractivity contribution in [2.75, 3.05) is 6.61 Å². The van der Waals surface area contributed by atoms with Gasteiger partial charge in [0.25, 0.3) is 0 Å². The molecule has 0 unspecified atom stereocenters. The zero-order valence-corrected chi connectivity index (χ0v) is 10.0. The summed E-state index contributed by atoms with van der Waals surface area (Å²) in [7, 11) is 0. The minimum absolute atomic E-state index is 0.164. The predicted molar refractivity (Wildman–Crippen MR) is 66.8 cm³/mol. The Hall–Kier alpha value is -2.30. The molecule has 0 spiro atoms. The topological polar surface area (TPSA) is 75.2 Å². The summed E-state index contributed by atoms with van der Waals surface area (Å²) in [5.41, 5.74) is 1.44. The van der Waals surface area contributed by atoms with E-state index in [1.54, 1.807) is 0 Å². The van der Waals surface area contributed by atoms with Gasteiger partial charge in [0.1, 0.15) is 11.3 Å². The van der Waals surface area contributed by atoms with E-state index in [1.807, 2.05) is 31.2 Å². The third kappa shape index (κ3) is 2.51. The third-order valence-electron chi connectivity index (χ3n) is 2.49. The molecule has 0 radical (unpaired) electrons. The number of carbonyl (C=O) groups is 1. The highest BCUT2D eigenvalue weighted by Crippen LogP contribution is 2.23. The minimum Gasteiger partial charge on any atom is -0.494 e. The second-order valence-corrected chi connectivity index (χ2v) is 3.84. The Balaban J connectivity index is 2.23. The minimum atomic E-state index is -0.995. The number of hydrogen-bond acceptors (Lipinski definition) is 3. The highest BCUT2D eigenvalue weighted by molar-refractivity contribution is 5.94. The van der Waals surface area contributed by atoms with Crippen molar-refractivity contribution in [2.24, 2.45) is 0 Å². The summed E-state index contributed by atoms with van der Waals surface area (Å²) in [5, 5.41) is 15.5. The van der Waals surface area contributed by atoms with Gasteiger partial charge in [-0.1, -0.05) is 6.92 Å². The summed E-state index contributed by atoms with van der Waals surface area (Å²) in [5.74, 6) is -0.220. The van der Waals surface area contributed by atoms with E-state index in [1.165, 1.54) is 6.20 Å². The fourth-order valence-electron chi connectivity index (χ4n) is 1.61. The van der Waals surface area contributed by atoms with E-state index in [9.17, 15) is 4.79 Å². The second kappa shape index (κ2) is 5.35. The van der Waals surface area contributed by atoms with Crippen molar-refractivity contribution >= 4 is 5.97 Å².